The van der Waals surface area contributed by atoms with E-state index in [1.165, 1.54) is 16.2 Å². The third-order valence-corrected chi connectivity index (χ3v) is 6.19. The molecule has 0 fully saturated rings. The van der Waals surface area contributed by atoms with E-state index in [4.69, 9.17) is 9.15 Å². The van der Waals surface area contributed by atoms with E-state index in [1.54, 1.807) is 36.7 Å². The van der Waals surface area contributed by atoms with Crippen LogP contribution in [0.25, 0.3) is 11.0 Å². The molecule has 1 aliphatic rings. The Morgan fingerprint density at radius 2 is 2.06 bits per heavy atom. The molecular formula is C22H18N4O4S. The SMILES string of the molecule is CCOc1ccc2c(=O)c3c(oc2c1)C(=O)N(c1nnc(CC)s1)C3c1cccnc1. The normalized spacial score (nSPS) is 15.5. The van der Waals surface area contributed by atoms with Crippen LogP contribution >= 0.6 is 11.3 Å². The number of amides is 1. The highest BCUT2D eigenvalue weighted by Crippen LogP contribution is 2.42. The highest BCUT2D eigenvalue weighted by molar-refractivity contribution is 7.15. The number of fused-ring (bicyclic) bond motifs is 2. The number of ether oxygens (including phenoxy) is 1. The van der Waals surface area contributed by atoms with Gasteiger partial charge in [0.2, 0.25) is 10.9 Å². The van der Waals surface area contributed by atoms with Crippen molar-refractivity contribution < 1.29 is 13.9 Å². The Balaban J connectivity index is 1.76. The van der Waals surface area contributed by atoms with Gasteiger partial charge in [-0.3, -0.25) is 19.5 Å². The second kappa shape index (κ2) is 7.59. The fourth-order valence-corrected chi connectivity index (χ4v) is 4.55. The summed E-state index contributed by atoms with van der Waals surface area (Å²) in [7, 11) is 0. The number of aryl methyl sites for hydroxylation is 1. The maximum absolute atomic E-state index is 13.5. The van der Waals surface area contributed by atoms with E-state index >= 15 is 0 Å². The molecule has 0 N–H and O–H groups in total. The van der Waals surface area contributed by atoms with Crippen LogP contribution in [0.1, 0.15) is 46.6 Å². The highest BCUT2D eigenvalue weighted by atomic mass is 32.1. The molecule has 31 heavy (non-hydrogen) atoms. The Kier molecular flexibility index (Phi) is 4.74. The molecule has 8 nitrogen and oxygen atoms in total. The van der Waals surface area contributed by atoms with Crippen LogP contribution in [0.15, 0.2) is 51.9 Å². The van der Waals surface area contributed by atoms with Crippen molar-refractivity contribution in [1.82, 2.24) is 15.2 Å². The molecule has 5 rings (SSSR count). The van der Waals surface area contributed by atoms with Gasteiger partial charge in [-0.1, -0.05) is 24.3 Å². The smallest absolute Gasteiger partial charge is 0.297 e. The van der Waals surface area contributed by atoms with Crippen LogP contribution in [-0.4, -0.2) is 27.7 Å². The minimum Gasteiger partial charge on any atom is -0.494 e. The van der Waals surface area contributed by atoms with Crippen LogP contribution in [0.5, 0.6) is 5.75 Å². The second-order valence-corrected chi connectivity index (χ2v) is 8.00. The fraction of sp³-hybridized carbons (Fsp3) is 0.227. The molecule has 1 aromatic carbocycles. The van der Waals surface area contributed by atoms with Gasteiger partial charge in [-0.15, -0.1) is 10.2 Å². The number of anilines is 1. The molecule has 3 aromatic heterocycles. The summed E-state index contributed by atoms with van der Waals surface area (Å²) in [4.78, 5) is 32.6. The van der Waals surface area contributed by atoms with E-state index in [2.05, 4.69) is 15.2 Å². The third-order valence-electron chi connectivity index (χ3n) is 5.12. The van der Waals surface area contributed by atoms with Gasteiger partial charge in [-0.2, -0.15) is 0 Å². The Bertz CT molecular complexity index is 1350. The quantitative estimate of drug-likeness (QED) is 0.472. The molecule has 4 aromatic rings. The van der Waals surface area contributed by atoms with Crippen LogP contribution in [0.2, 0.25) is 0 Å². The average molecular weight is 434 g/mol. The Morgan fingerprint density at radius 1 is 1.19 bits per heavy atom. The molecular weight excluding hydrogens is 416 g/mol. The molecule has 0 spiro atoms. The molecule has 0 saturated carbocycles. The number of benzene rings is 1. The number of pyridine rings is 1. The minimum absolute atomic E-state index is 0.00764. The van der Waals surface area contributed by atoms with Gasteiger partial charge in [0.15, 0.2) is 5.43 Å². The summed E-state index contributed by atoms with van der Waals surface area (Å²) < 4.78 is 11.5. The molecule has 1 unspecified atom stereocenters. The molecule has 0 saturated heterocycles. The van der Waals surface area contributed by atoms with Crippen molar-refractivity contribution >= 4 is 33.3 Å². The number of aromatic nitrogens is 3. The fourth-order valence-electron chi connectivity index (χ4n) is 3.74. The van der Waals surface area contributed by atoms with Crippen LogP contribution in [-0.2, 0) is 6.42 Å². The van der Waals surface area contributed by atoms with Gasteiger partial charge in [0.05, 0.1) is 23.6 Å². The largest absolute Gasteiger partial charge is 0.494 e. The maximum Gasteiger partial charge on any atom is 0.297 e. The first-order valence-electron chi connectivity index (χ1n) is 9.91. The molecule has 9 heteroatoms. The number of carbonyl (C=O) groups excluding carboxylic acids is 1. The van der Waals surface area contributed by atoms with E-state index in [0.717, 1.165) is 5.01 Å². The van der Waals surface area contributed by atoms with Gasteiger partial charge in [0.1, 0.15) is 16.3 Å². The van der Waals surface area contributed by atoms with Crippen molar-refractivity contribution in [1.29, 1.82) is 0 Å². The molecule has 1 amide bonds. The number of hydrogen-bond acceptors (Lipinski definition) is 8. The van der Waals surface area contributed by atoms with Gasteiger partial charge in [-0.05, 0) is 37.1 Å². The molecule has 1 atom stereocenters. The molecule has 156 valence electrons. The zero-order valence-corrected chi connectivity index (χ0v) is 17.7. The standard InChI is InChI=1S/C22H18N4O4S/c1-3-16-24-25-22(31-16)26-18(12-6-5-9-23-11-12)17-19(27)14-8-7-13(29-4-2)10-15(14)30-20(17)21(26)28/h5-11,18H,3-4H2,1-2H3. The predicted octanol–water partition coefficient (Wildman–Crippen LogP) is 3.75. The van der Waals surface area contributed by atoms with E-state index in [-0.39, 0.29) is 16.8 Å². The summed E-state index contributed by atoms with van der Waals surface area (Å²) in [5, 5.41) is 9.96. The summed E-state index contributed by atoms with van der Waals surface area (Å²) in [6.07, 6.45) is 3.99. The summed E-state index contributed by atoms with van der Waals surface area (Å²) in [6, 6.07) is 7.93. The topological polar surface area (TPSA) is 98.4 Å². The van der Waals surface area contributed by atoms with Crippen LogP contribution in [0.4, 0.5) is 5.13 Å². The van der Waals surface area contributed by atoms with Crippen molar-refractivity contribution in [2.75, 3.05) is 11.5 Å². The van der Waals surface area contributed by atoms with Crippen molar-refractivity contribution in [3.63, 3.8) is 0 Å². The van der Waals surface area contributed by atoms with Crippen molar-refractivity contribution in [3.05, 3.63) is 74.8 Å². The average Bonchev–Trinajstić information content (AvgIpc) is 3.37. The highest BCUT2D eigenvalue weighted by Gasteiger charge is 2.45. The number of hydrogen-bond donors (Lipinski definition) is 0. The van der Waals surface area contributed by atoms with E-state index in [0.29, 0.717) is 40.4 Å². The molecule has 0 aliphatic carbocycles. The minimum atomic E-state index is -0.693. The summed E-state index contributed by atoms with van der Waals surface area (Å²) in [5.74, 6) is 0.151. The first-order valence-corrected chi connectivity index (χ1v) is 10.7. The van der Waals surface area contributed by atoms with Gasteiger partial charge in [-0.25, -0.2) is 0 Å². The van der Waals surface area contributed by atoms with Gasteiger partial charge >= 0.3 is 0 Å². The first kappa shape index (κ1) is 19.4. The Morgan fingerprint density at radius 3 is 2.77 bits per heavy atom. The number of carbonyl (C=O) groups is 1. The molecule has 4 heterocycles. The van der Waals surface area contributed by atoms with Crippen LogP contribution in [0, 0.1) is 0 Å². The zero-order valence-electron chi connectivity index (χ0n) is 16.9. The van der Waals surface area contributed by atoms with E-state index in [1.807, 2.05) is 19.9 Å². The summed E-state index contributed by atoms with van der Waals surface area (Å²) in [6.45, 7) is 4.32. The van der Waals surface area contributed by atoms with E-state index in [9.17, 15) is 9.59 Å². The van der Waals surface area contributed by atoms with Crippen molar-refractivity contribution in [2.24, 2.45) is 0 Å². The van der Waals surface area contributed by atoms with Crippen LogP contribution < -0.4 is 15.1 Å². The van der Waals surface area contributed by atoms with Crippen molar-refractivity contribution in [3.8, 4) is 5.75 Å². The lowest BCUT2D eigenvalue weighted by Gasteiger charge is -2.21. The third kappa shape index (κ3) is 3.09. The first-order chi connectivity index (χ1) is 15.1. The second-order valence-electron chi connectivity index (χ2n) is 6.96. The molecule has 0 radical (unpaired) electrons. The number of nitrogens with zero attached hydrogens (tertiary/aromatic N) is 4. The molecule has 1 aliphatic heterocycles. The van der Waals surface area contributed by atoms with Crippen LogP contribution in [0.3, 0.4) is 0 Å². The van der Waals surface area contributed by atoms with Gasteiger partial charge < -0.3 is 9.15 Å². The Labute approximate surface area is 181 Å². The lowest BCUT2D eigenvalue weighted by Crippen LogP contribution is -2.29. The van der Waals surface area contributed by atoms with Crippen molar-refractivity contribution in [2.45, 2.75) is 26.3 Å². The predicted molar refractivity (Wildman–Crippen MR) is 116 cm³/mol. The maximum atomic E-state index is 13.5. The molecule has 0 bridgehead atoms. The van der Waals surface area contributed by atoms with Gasteiger partial charge in [0, 0.05) is 18.5 Å². The summed E-state index contributed by atoms with van der Waals surface area (Å²) in [5.41, 5.74) is 1.02. The Hall–Kier alpha value is -3.59. The summed E-state index contributed by atoms with van der Waals surface area (Å²) >= 11 is 1.32. The zero-order chi connectivity index (χ0) is 21.5. The lowest BCUT2D eigenvalue weighted by atomic mass is 10.00. The lowest BCUT2D eigenvalue weighted by molar-refractivity contribution is 0.0970. The number of rotatable bonds is 5. The monoisotopic (exact) mass is 434 g/mol. The van der Waals surface area contributed by atoms with E-state index < -0.39 is 11.9 Å². The van der Waals surface area contributed by atoms with Gasteiger partial charge in [0.25, 0.3) is 5.91 Å².